The lowest BCUT2D eigenvalue weighted by molar-refractivity contribution is -0.120. The van der Waals surface area contributed by atoms with E-state index in [1.807, 2.05) is 6.92 Å². The second-order valence-corrected chi connectivity index (χ2v) is 6.98. The minimum atomic E-state index is -0.160. The zero-order chi connectivity index (χ0) is 15.5. The van der Waals surface area contributed by atoms with Gasteiger partial charge in [0.2, 0.25) is 11.9 Å². The molecule has 2 aliphatic rings. The molecular formula is C14H23N5O2S. The van der Waals surface area contributed by atoms with E-state index in [4.69, 9.17) is 4.74 Å². The van der Waals surface area contributed by atoms with E-state index in [2.05, 4.69) is 31.9 Å². The zero-order valence-electron chi connectivity index (χ0n) is 13.1. The summed E-state index contributed by atoms with van der Waals surface area (Å²) in [5.74, 6) is 0.967. The average Bonchev–Trinajstić information content (AvgIpc) is 3.26. The molecule has 2 heterocycles. The first-order valence-electron chi connectivity index (χ1n) is 7.92. The van der Waals surface area contributed by atoms with Gasteiger partial charge in [0.1, 0.15) is 0 Å². The van der Waals surface area contributed by atoms with Crippen molar-refractivity contribution in [3.05, 3.63) is 0 Å². The Morgan fingerprint density at radius 1 is 1.41 bits per heavy atom. The molecular weight excluding hydrogens is 302 g/mol. The van der Waals surface area contributed by atoms with Gasteiger partial charge in [-0.3, -0.25) is 9.36 Å². The summed E-state index contributed by atoms with van der Waals surface area (Å²) < 4.78 is 7.46. The summed E-state index contributed by atoms with van der Waals surface area (Å²) in [5.41, 5.74) is 0. The lowest BCUT2D eigenvalue weighted by atomic mass is 10.4. The lowest BCUT2D eigenvalue weighted by Crippen LogP contribution is -2.38. The number of aromatic nitrogens is 3. The van der Waals surface area contributed by atoms with Crippen molar-refractivity contribution in [2.45, 2.75) is 49.7 Å². The summed E-state index contributed by atoms with van der Waals surface area (Å²) in [6.07, 6.45) is 2.21. The first-order valence-corrected chi connectivity index (χ1v) is 8.80. The molecule has 1 atom stereocenters. The number of carbonyl (C=O) groups excluding carboxylic acids is 1. The Morgan fingerprint density at radius 3 is 2.77 bits per heavy atom. The van der Waals surface area contributed by atoms with Crippen molar-refractivity contribution >= 4 is 23.6 Å². The van der Waals surface area contributed by atoms with Gasteiger partial charge in [-0.05, 0) is 26.7 Å². The number of morpholine rings is 1. The van der Waals surface area contributed by atoms with Crippen molar-refractivity contribution in [3.63, 3.8) is 0 Å². The first-order chi connectivity index (χ1) is 10.7. The molecule has 2 fully saturated rings. The van der Waals surface area contributed by atoms with Crippen molar-refractivity contribution in [1.29, 1.82) is 0 Å². The van der Waals surface area contributed by atoms with Crippen LogP contribution in [0.1, 0.15) is 26.7 Å². The third-order valence-corrected chi connectivity index (χ3v) is 4.96. The highest BCUT2D eigenvalue weighted by Gasteiger charge is 2.27. The fraction of sp³-hybridized carbons (Fsp3) is 0.786. The Labute approximate surface area is 134 Å². The van der Waals surface area contributed by atoms with Crippen LogP contribution in [0.4, 0.5) is 5.95 Å². The van der Waals surface area contributed by atoms with Crippen LogP contribution < -0.4 is 10.2 Å². The predicted molar refractivity (Wildman–Crippen MR) is 85.2 cm³/mol. The fourth-order valence-electron chi connectivity index (χ4n) is 2.40. The van der Waals surface area contributed by atoms with Gasteiger partial charge >= 0.3 is 0 Å². The molecule has 7 nitrogen and oxygen atoms in total. The maximum atomic E-state index is 12.1. The SMILES string of the molecule is CCn1c(S[C@@H](C)C(=O)NC2CC2)nnc1N1CCOCC1. The summed E-state index contributed by atoms with van der Waals surface area (Å²) in [5, 5.41) is 12.3. The Bertz CT molecular complexity index is 525. The number of nitrogens with zero attached hydrogens (tertiary/aromatic N) is 4. The zero-order valence-corrected chi connectivity index (χ0v) is 13.9. The van der Waals surface area contributed by atoms with Crippen molar-refractivity contribution in [3.8, 4) is 0 Å². The summed E-state index contributed by atoms with van der Waals surface area (Å²) >= 11 is 1.48. The van der Waals surface area contributed by atoms with Gasteiger partial charge in [0.15, 0.2) is 5.16 Å². The van der Waals surface area contributed by atoms with E-state index in [-0.39, 0.29) is 11.2 Å². The molecule has 1 saturated heterocycles. The monoisotopic (exact) mass is 325 g/mol. The van der Waals surface area contributed by atoms with Crippen molar-refractivity contribution < 1.29 is 9.53 Å². The molecule has 1 aromatic rings. The molecule has 1 aliphatic carbocycles. The minimum absolute atomic E-state index is 0.0890. The van der Waals surface area contributed by atoms with E-state index >= 15 is 0 Å². The molecule has 22 heavy (non-hydrogen) atoms. The average molecular weight is 325 g/mol. The molecule has 8 heteroatoms. The number of nitrogens with one attached hydrogen (secondary N) is 1. The Kier molecular flexibility index (Phi) is 4.87. The second kappa shape index (κ2) is 6.87. The smallest absolute Gasteiger partial charge is 0.233 e. The third-order valence-electron chi connectivity index (χ3n) is 3.88. The van der Waals surface area contributed by atoms with E-state index in [9.17, 15) is 4.79 Å². The van der Waals surface area contributed by atoms with E-state index in [0.29, 0.717) is 6.04 Å². The molecule has 3 rings (SSSR count). The predicted octanol–water partition coefficient (Wildman–Crippen LogP) is 0.894. The van der Waals surface area contributed by atoms with Gasteiger partial charge in [-0.25, -0.2) is 0 Å². The van der Waals surface area contributed by atoms with Crippen molar-refractivity contribution in [2.24, 2.45) is 0 Å². The van der Waals surface area contributed by atoms with Gasteiger partial charge in [0, 0.05) is 25.7 Å². The summed E-state index contributed by atoms with van der Waals surface area (Å²) in [6.45, 7) is 7.90. The molecule has 0 spiro atoms. The van der Waals surface area contributed by atoms with Gasteiger partial charge in [-0.1, -0.05) is 11.8 Å². The van der Waals surface area contributed by atoms with Gasteiger partial charge in [0.25, 0.3) is 0 Å². The Morgan fingerprint density at radius 2 is 2.14 bits per heavy atom. The molecule has 1 saturated carbocycles. The highest BCUT2D eigenvalue weighted by molar-refractivity contribution is 8.00. The molecule has 122 valence electrons. The summed E-state index contributed by atoms with van der Waals surface area (Å²) in [4.78, 5) is 14.3. The van der Waals surface area contributed by atoms with Crippen LogP contribution in [-0.2, 0) is 16.1 Å². The third kappa shape index (κ3) is 3.55. The molecule has 0 aromatic carbocycles. The molecule has 1 amide bonds. The number of ether oxygens (including phenoxy) is 1. The van der Waals surface area contributed by atoms with Crippen LogP contribution in [0.2, 0.25) is 0 Å². The van der Waals surface area contributed by atoms with E-state index in [0.717, 1.165) is 56.8 Å². The normalized spacial score (nSPS) is 20.0. The molecule has 1 aromatic heterocycles. The number of thioether (sulfide) groups is 1. The van der Waals surface area contributed by atoms with Crippen LogP contribution in [0.5, 0.6) is 0 Å². The van der Waals surface area contributed by atoms with Crippen LogP contribution in [0.3, 0.4) is 0 Å². The molecule has 0 radical (unpaired) electrons. The molecule has 1 aliphatic heterocycles. The number of anilines is 1. The van der Waals surface area contributed by atoms with Crippen LogP contribution in [0.25, 0.3) is 0 Å². The highest BCUT2D eigenvalue weighted by atomic mass is 32.2. The second-order valence-electron chi connectivity index (χ2n) is 5.67. The van der Waals surface area contributed by atoms with Crippen molar-refractivity contribution in [2.75, 3.05) is 31.2 Å². The van der Waals surface area contributed by atoms with Gasteiger partial charge in [0.05, 0.1) is 18.5 Å². The lowest BCUT2D eigenvalue weighted by Gasteiger charge is -2.27. The van der Waals surface area contributed by atoms with Crippen molar-refractivity contribution in [1.82, 2.24) is 20.1 Å². The van der Waals surface area contributed by atoms with Crippen LogP contribution >= 0.6 is 11.8 Å². The Balaban J connectivity index is 1.67. The van der Waals surface area contributed by atoms with Crippen LogP contribution in [-0.4, -0.2) is 58.3 Å². The van der Waals surface area contributed by atoms with Crippen LogP contribution in [0, 0.1) is 0 Å². The number of hydrogen-bond acceptors (Lipinski definition) is 6. The number of amides is 1. The van der Waals surface area contributed by atoms with E-state index < -0.39 is 0 Å². The topological polar surface area (TPSA) is 72.3 Å². The molecule has 0 unspecified atom stereocenters. The molecule has 0 bridgehead atoms. The minimum Gasteiger partial charge on any atom is -0.378 e. The van der Waals surface area contributed by atoms with Gasteiger partial charge in [-0.2, -0.15) is 0 Å². The number of carbonyl (C=O) groups is 1. The number of hydrogen-bond donors (Lipinski definition) is 1. The maximum Gasteiger partial charge on any atom is 0.233 e. The highest BCUT2D eigenvalue weighted by Crippen LogP contribution is 2.27. The van der Waals surface area contributed by atoms with Gasteiger partial charge < -0.3 is 15.0 Å². The van der Waals surface area contributed by atoms with Gasteiger partial charge in [-0.15, -0.1) is 10.2 Å². The van der Waals surface area contributed by atoms with E-state index in [1.54, 1.807) is 0 Å². The quantitative estimate of drug-likeness (QED) is 0.783. The Hall–Kier alpha value is -1.28. The summed E-state index contributed by atoms with van der Waals surface area (Å²) in [7, 11) is 0. The molecule has 1 N–H and O–H groups in total. The van der Waals surface area contributed by atoms with Crippen LogP contribution in [0.15, 0.2) is 5.16 Å². The van der Waals surface area contributed by atoms with E-state index in [1.165, 1.54) is 11.8 Å². The standard InChI is InChI=1S/C14H23N5O2S/c1-3-19-13(18-6-8-21-9-7-18)16-17-14(19)22-10(2)12(20)15-11-4-5-11/h10-11H,3-9H2,1-2H3,(H,15,20)/t10-/m0/s1. The first kappa shape index (κ1) is 15.6. The summed E-state index contributed by atoms with van der Waals surface area (Å²) in [6, 6.07) is 0.392. The number of rotatable bonds is 6. The fourth-order valence-corrected chi connectivity index (χ4v) is 3.32. The largest absolute Gasteiger partial charge is 0.378 e. The maximum absolute atomic E-state index is 12.1.